The standard InChI is InChI=1S/C24H31BrN4O3/c1-7-22(30)28(6)9-10-29(8-2)21-13-18(25)12-19(17(21)5)23(31)26-14-20-15(3)11-16(4)27-24(20)32/h7,11-13H,1,8-10,14H2,2-6H3,(H,26,31)(H,27,32). The number of likely N-dealkylation sites (N-methyl/N-ethyl adjacent to an activating group) is 2. The van der Waals surface area contributed by atoms with E-state index in [1.807, 2.05) is 39.8 Å². The number of aromatic amines is 1. The predicted octanol–water partition coefficient (Wildman–Crippen LogP) is 3.46. The average molecular weight is 503 g/mol. The maximum Gasteiger partial charge on any atom is 0.253 e. The van der Waals surface area contributed by atoms with Crippen LogP contribution in [0.4, 0.5) is 5.69 Å². The van der Waals surface area contributed by atoms with Crippen molar-refractivity contribution in [1.29, 1.82) is 0 Å². The third-order valence-electron chi connectivity index (χ3n) is 5.49. The molecule has 0 bridgehead atoms. The summed E-state index contributed by atoms with van der Waals surface area (Å²) in [5, 5.41) is 2.88. The third kappa shape index (κ3) is 6.09. The van der Waals surface area contributed by atoms with E-state index in [0.717, 1.165) is 27.0 Å². The number of hydrogen-bond donors (Lipinski definition) is 2. The van der Waals surface area contributed by atoms with Crippen molar-refractivity contribution in [2.24, 2.45) is 0 Å². The van der Waals surface area contributed by atoms with Gasteiger partial charge >= 0.3 is 0 Å². The van der Waals surface area contributed by atoms with Crippen LogP contribution in [0.25, 0.3) is 0 Å². The molecule has 0 saturated heterocycles. The van der Waals surface area contributed by atoms with Crippen molar-refractivity contribution < 1.29 is 9.59 Å². The minimum atomic E-state index is -0.251. The molecule has 0 radical (unpaired) electrons. The maximum absolute atomic E-state index is 13.0. The summed E-state index contributed by atoms with van der Waals surface area (Å²) < 4.78 is 0.779. The summed E-state index contributed by atoms with van der Waals surface area (Å²) in [6.45, 7) is 13.1. The molecule has 0 atom stereocenters. The number of rotatable bonds is 9. The average Bonchev–Trinajstić information content (AvgIpc) is 2.74. The highest BCUT2D eigenvalue weighted by atomic mass is 79.9. The highest BCUT2D eigenvalue weighted by Crippen LogP contribution is 2.28. The van der Waals surface area contributed by atoms with Gasteiger partial charge in [-0.3, -0.25) is 14.4 Å². The minimum absolute atomic E-state index is 0.131. The molecule has 7 nitrogen and oxygen atoms in total. The number of aromatic nitrogens is 1. The van der Waals surface area contributed by atoms with Crippen LogP contribution < -0.4 is 15.8 Å². The molecule has 0 fully saturated rings. The summed E-state index contributed by atoms with van der Waals surface area (Å²) in [6.07, 6.45) is 1.30. The van der Waals surface area contributed by atoms with Crippen LogP contribution in [-0.4, -0.2) is 48.4 Å². The molecule has 1 aromatic carbocycles. The maximum atomic E-state index is 13.0. The number of aryl methyl sites for hydroxylation is 2. The van der Waals surface area contributed by atoms with Crippen LogP contribution in [0.3, 0.4) is 0 Å². The Morgan fingerprint density at radius 1 is 1.19 bits per heavy atom. The van der Waals surface area contributed by atoms with Crippen LogP contribution in [0.15, 0.2) is 40.1 Å². The number of halogens is 1. The lowest BCUT2D eigenvalue weighted by Crippen LogP contribution is -2.36. The van der Waals surface area contributed by atoms with E-state index in [2.05, 4.69) is 37.7 Å². The molecule has 172 valence electrons. The van der Waals surface area contributed by atoms with E-state index in [1.165, 1.54) is 6.08 Å². The Labute approximate surface area is 197 Å². The first-order chi connectivity index (χ1) is 15.1. The zero-order chi connectivity index (χ0) is 24.0. The third-order valence-corrected chi connectivity index (χ3v) is 5.95. The number of nitrogens with zero attached hydrogens (tertiary/aromatic N) is 2. The van der Waals surface area contributed by atoms with E-state index >= 15 is 0 Å². The Kier molecular flexibility index (Phi) is 8.83. The smallest absolute Gasteiger partial charge is 0.253 e. The molecule has 32 heavy (non-hydrogen) atoms. The van der Waals surface area contributed by atoms with Crippen molar-refractivity contribution in [3.8, 4) is 0 Å². The fraction of sp³-hybridized carbons (Fsp3) is 0.375. The van der Waals surface area contributed by atoms with Gasteiger partial charge in [-0.15, -0.1) is 0 Å². The highest BCUT2D eigenvalue weighted by molar-refractivity contribution is 9.10. The quantitative estimate of drug-likeness (QED) is 0.514. The van der Waals surface area contributed by atoms with Gasteiger partial charge in [-0.1, -0.05) is 22.5 Å². The topological polar surface area (TPSA) is 85.5 Å². The van der Waals surface area contributed by atoms with Gasteiger partial charge in [-0.05, 0) is 63.1 Å². The van der Waals surface area contributed by atoms with Gasteiger partial charge in [0.05, 0.1) is 0 Å². The van der Waals surface area contributed by atoms with Crippen LogP contribution in [0, 0.1) is 20.8 Å². The van der Waals surface area contributed by atoms with E-state index in [-0.39, 0.29) is 23.9 Å². The van der Waals surface area contributed by atoms with Gasteiger partial charge in [-0.25, -0.2) is 0 Å². The molecule has 8 heteroatoms. The lowest BCUT2D eigenvalue weighted by molar-refractivity contribution is -0.124. The van der Waals surface area contributed by atoms with Gasteiger partial charge < -0.3 is 20.1 Å². The van der Waals surface area contributed by atoms with E-state index in [0.29, 0.717) is 30.8 Å². The molecule has 0 spiro atoms. The molecule has 0 saturated carbocycles. The zero-order valence-electron chi connectivity index (χ0n) is 19.3. The normalized spacial score (nSPS) is 10.6. The molecule has 1 heterocycles. The number of pyridine rings is 1. The summed E-state index contributed by atoms with van der Waals surface area (Å²) in [4.78, 5) is 43.5. The van der Waals surface area contributed by atoms with E-state index in [1.54, 1.807) is 18.0 Å². The highest BCUT2D eigenvalue weighted by Gasteiger charge is 2.18. The van der Waals surface area contributed by atoms with Crippen molar-refractivity contribution in [3.05, 3.63) is 73.6 Å². The summed E-state index contributed by atoms with van der Waals surface area (Å²) in [5.41, 5.74) is 4.26. The Morgan fingerprint density at radius 2 is 1.88 bits per heavy atom. The van der Waals surface area contributed by atoms with Crippen molar-refractivity contribution in [2.75, 3.05) is 31.6 Å². The second-order valence-corrected chi connectivity index (χ2v) is 8.68. The van der Waals surface area contributed by atoms with E-state index in [9.17, 15) is 14.4 Å². The Balaban J connectivity index is 2.24. The molecule has 0 aliphatic rings. The summed E-state index contributed by atoms with van der Waals surface area (Å²) in [6, 6.07) is 5.64. The molecule has 1 aromatic heterocycles. The zero-order valence-corrected chi connectivity index (χ0v) is 20.9. The number of carbonyl (C=O) groups excluding carboxylic acids is 2. The summed E-state index contributed by atoms with van der Waals surface area (Å²) in [5.74, 6) is -0.382. The molecule has 2 aromatic rings. The predicted molar refractivity (Wildman–Crippen MR) is 132 cm³/mol. The number of benzene rings is 1. The summed E-state index contributed by atoms with van der Waals surface area (Å²) >= 11 is 3.52. The lowest BCUT2D eigenvalue weighted by atomic mass is 10.0. The Morgan fingerprint density at radius 3 is 2.47 bits per heavy atom. The first-order valence-electron chi connectivity index (χ1n) is 10.5. The first-order valence-corrected chi connectivity index (χ1v) is 11.3. The number of H-pyrrole nitrogens is 1. The molecule has 0 aliphatic carbocycles. The monoisotopic (exact) mass is 502 g/mol. The molecule has 2 rings (SSSR count). The van der Waals surface area contributed by atoms with Crippen LogP contribution in [0.5, 0.6) is 0 Å². The van der Waals surface area contributed by atoms with Crippen LogP contribution in [-0.2, 0) is 11.3 Å². The second kappa shape index (κ2) is 11.1. The Hall–Kier alpha value is -2.87. The molecular weight excluding hydrogens is 472 g/mol. The fourth-order valence-corrected chi connectivity index (χ4v) is 4.03. The SMILES string of the molecule is C=CC(=O)N(C)CCN(CC)c1cc(Br)cc(C(=O)NCc2c(C)cc(C)[nH]c2=O)c1C. The van der Waals surface area contributed by atoms with Gasteiger partial charge in [0.1, 0.15) is 0 Å². The first kappa shape index (κ1) is 25.4. The van der Waals surface area contributed by atoms with E-state index < -0.39 is 0 Å². The number of nitrogens with one attached hydrogen (secondary N) is 2. The van der Waals surface area contributed by atoms with Gasteiger partial charge in [0.25, 0.3) is 11.5 Å². The Bertz CT molecular complexity index is 1080. The van der Waals surface area contributed by atoms with Gasteiger partial charge in [0.15, 0.2) is 0 Å². The van der Waals surface area contributed by atoms with Crippen LogP contribution in [0.2, 0.25) is 0 Å². The van der Waals surface area contributed by atoms with Crippen molar-refractivity contribution in [2.45, 2.75) is 34.2 Å². The largest absolute Gasteiger partial charge is 0.370 e. The van der Waals surface area contributed by atoms with Crippen molar-refractivity contribution >= 4 is 33.4 Å². The lowest BCUT2D eigenvalue weighted by Gasteiger charge is -2.28. The molecule has 2 amide bonds. The minimum Gasteiger partial charge on any atom is -0.370 e. The second-order valence-electron chi connectivity index (χ2n) is 7.77. The van der Waals surface area contributed by atoms with Crippen LogP contribution >= 0.6 is 15.9 Å². The fourth-order valence-electron chi connectivity index (χ4n) is 3.58. The van der Waals surface area contributed by atoms with Crippen molar-refractivity contribution in [1.82, 2.24) is 15.2 Å². The van der Waals surface area contributed by atoms with Crippen LogP contribution in [0.1, 0.15) is 39.7 Å². The molecule has 2 N–H and O–H groups in total. The molecule has 0 aliphatic heterocycles. The summed E-state index contributed by atoms with van der Waals surface area (Å²) in [7, 11) is 1.74. The number of hydrogen-bond acceptors (Lipinski definition) is 4. The number of carbonyl (C=O) groups is 2. The number of anilines is 1. The molecule has 0 unspecified atom stereocenters. The number of amides is 2. The van der Waals surface area contributed by atoms with Gasteiger partial charge in [-0.2, -0.15) is 0 Å². The molecular formula is C24H31BrN4O3. The van der Waals surface area contributed by atoms with Gasteiger partial charge in [0.2, 0.25) is 5.91 Å². The van der Waals surface area contributed by atoms with E-state index in [4.69, 9.17) is 0 Å². The van der Waals surface area contributed by atoms with Crippen molar-refractivity contribution in [3.63, 3.8) is 0 Å². The van der Waals surface area contributed by atoms with Gasteiger partial charge in [0, 0.05) is 60.2 Å².